The Balaban J connectivity index is 1.64. The Morgan fingerprint density at radius 1 is 0.912 bits per heavy atom. The molecule has 0 bridgehead atoms. The lowest BCUT2D eigenvalue weighted by Gasteiger charge is -2.18. The summed E-state index contributed by atoms with van der Waals surface area (Å²) in [7, 11) is 0. The van der Waals surface area contributed by atoms with Crippen LogP contribution in [0.25, 0.3) is 16.7 Å². The van der Waals surface area contributed by atoms with E-state index >= 15 is 0 Å². The Kier molecular flexibility index (Phi) is 4.74. The molecule has 34 heavy (non-hydrogen) atoms. The van der Waals surface area contributed by atoms with Gasteiger partial charge >= 0.3 is 5.69 Å². The van der Waals surface area contributed by atoms with Crippen molar-refractivity contribution in [2.75, 3.05) is 5.32 Å². The average Bonchev–Trinajstić information content (AvgIpc) is 3.73. The van der Waals surface area contributed by atoms with E-state index in [1.807, 2.05) is 6.07 Å². The fourth-order valence-corrected chi connectivity index (χ4v) is 4.61. The Hall–Kier alpha value is -3.65. The number of hydrogen-bond donors (Lipinski definition) is 1. The van der Waals surface area contributed by atoms with Crippen LogP contribution >= 0.6 is 11.8 Å². The summed E-state index contributed by atoms with van der Waals surface area (Å²) in [5, 5.41) is 2.96. The summed E-state index contributed by atoms with van der Waals surface area (Å²) in [6.45, 7) is 0. The molecule has 0 unspecified atom stereocenters. The normalized spacial score (nSPS) is 15.6. The van der Waals surface area contributed by atoms with Crippen LogP contribution in [0.15, 0.2) is 69.0 Å². The van der Waals surface area contributed by atoms with E-state index in [1.165, 1.54) is 15.2 Å². The van der Waals surface area contributed by atoms with Gasteiger partial charge in [-0.15, -0.1) is 0 Å². The van der Waals surface area contributed by atoms with Crippen LogP contribution in [0.5, 0.6) is 0 Å². The van der Waals surface area contributed by atoms with Crippen LogP contribution in [0.2, 0.25) is 0 Å². The molecule has 0 spiro atoms. The second kappa shape index (κ2) is 7.70. The molecule has 2 aromatic heterocycles. The molecule has 0 saturated heterocycles. The van der Waals surface area contributed by atoms with Gasteiger partial charge < -0.3 is 5.32 Å². The number of fused-ring (bicyclic) bond motifs is 1. The molecule has 0 atom stereocenters. The van der Waals surface area contributed by atoms with Crippen molar-refractivity contribution in [1.82, 2.24) is 13.2 Å². The summed E-state index contributed by atoms with van der Waals surface area (Å²) in [5.74, 6) is -0.0953. The van der Waals surface area contributed by atoms with Gasteiger partial charge in [-0.05, 0) is 61.4 Å². The number of nitrogens with zero attached hydrogens (tertiary/aromatic N) is 3. The molecule has 9 heteroatoms. The zero-order valence-corrected chi connectivity index (χ0v) is 18.8. The maximum Gasteiger partial charge on any atom is 0.337 e. The van der Waals surface area contributed by atoms with Gasteiger partial charge in [-0.3, -0.25) is 14.2 Å². The van der Waals surface area contributed by atoms with Gasteiger partial charge in [-0.25, -0.2) is 17.8 Å². The van der Waals surface area contributed by atoms with Gasteiger partial charge in [0.15, 0.2) is 5.65 Å². The van der Waals surface area contributed by atoms with Crippen molar-refractivity contribution in [3.63, 3.8) is 0 Å². The Bertz CT molecular complexity index is 1630. The van der Waals surface area contributed by atoms with Crippen molar-refractivity contribution in [3.8, 4) is 5.69 Å². The Morgan fingerprint density at radius 3 is 2.29 bits per heavy atom. The maximum absolute atomic E-state index is 14.9. The van der Waals surface area contributed by atoms with E-state index in [-0.39, 0.29) is 28.5 Å². The molecule has 172 valence electrons. The number of hydrogen-bond acceptors (Lipinski definition) is 4. The first-order chi connectivity index (χ1) is 16.4. The summed E-state index contributed by atoms with van der Waals surface area (Å²) in [5.41, 5.74) is -0.245. The van der Waals surface area contributed by atoms with E-state index in [4.69, 9.17) is 11.8 Å². The molecule has 2 fully saturated rings. The highest BCUT2D eigenvalue weighted by molar-refractivity contribution is 6.19. The van der Waals surface area contributed by atoms with Gasteiger partial charge in [0, 0.05) is 23.9 Å². The number of anilines is 2. The molecule has 2 aliphatic rings. The van der Waals surface area contributed by atoms with Crippen LogP contribution in [0.1, 0.15) is 43.2 Å². The van der Waals surface area contributed by atoms with E-state index in [0.29, 0.717) is 24.4 Å². The molecule has 2 aliphatic carbocycles. The summed E-state index contributed by atoms with van der Waals surface area (Å²) < 4.78 is 18.2. The van der Waals surface area contributed by atoms with Gasteiger partial charge in [0.25, 0.3) is 11.1 Å². The van der Waals surface area contributed by atoms with Crippen LogP contribution in [0.3, 0.4) is 0 Å². The van der Waals surface area contributed by atoms with Crippen LogP contribution in [0, 0.1) is 5.82 Å². The SMILES string of the molecule is O=c1c2c(Nc3ccc(C4CC4)cc3F)cc(=O)n(Cl)c2n(-c2ccccc2)c(=O)n1C1CC1. The first-order valence-corrected chi connectivity index (χ1v) is 11.5. The maximum atomic E-state index is 14.9. The van der Waals surface area contributed by atoms with E-state index < -0.39 is 22.6 Å². The minimum Gasteiger partial charge on any atom is -0.352 e. The molecule has 4 aromatic rings. The van der Waals surface area contributed by atoms with Crippen LogP contribution < -0.4 is 22.1 Å². The Labute approximate surface area is 197 Å². The number of para-hydroxylation sites is 1. The van der Waals surface area contributed by atoms with E-state index in [0.717, 1.165) is 28.6 Å². The average molecular weight is 479 g/mol. The van der Waals surface area contributed by atoms with Gasteiger partial charge in [-0.2, -0.15) is 0 Å². The minimum absolute atomic E-state index is 0.0376. The number of benzene rings is 2. The van der Waals surface area contributed by atoms with Gasteiger partial charge in [0.1, 0.15) is 11.2 Å². The molecule has 0 amide bonds. The predicted octanol–water partition coefficient (Wildman–Crippen LogP) is 4.41. The number of rotatable bonds is 5. The lowest BCUT2D eigenvalue weighted by atomic mass is 10.1. The number of aromatic nitrogens is 3. The zero-order chi connectivity index (χ0) is 23.6. The molecule has 2 aromatic carbocycles. The molecule has 0 radical (unpaired) electrons. The Morgan fingerprint density at radius 2 is 1.65 bits per heavy atom. The third-order valence-electron chi connectivity index (χ3n) is 6.42. The molecule has 1 N–H and O–H groups in total. The molecule has 6 rings (SSSR count). The summed E-state index contributed by atoms with van der Waals surface area (Å²) in [6, 6.07) is 14.5. The standard InChI is InChI=1S/C25H20ClFN4O3/c26-31-21(32)13-20(28-19-11-8-15(12-18(19)27)14-6-7-14)22-23(31)29(16-4-2-1-3-5-16)25(34)30(24(22)33)17-9-10-17/h1-5,8,11-14,17,28H,6-7,9-10H2. The van der Waals surface area contributed by atoms with Crippen molar-refractivity contribution in [3.05, 3.63) is 97.2 Å². The van der Waals surface area contributed by atoms with Crippen LogP contribution in [0.4, 0.5) is 15.8 Å². The monoisotopic (exact) mass is 478 g/mol. The van der Waals surface area contributed by atoms with Crippen molar-refractivity contribution in [2.24, 2.45) is 0 Å². The van der Waals surface area contributed by atoms with Crippen molar-refractivity contribution < 1.29 is 4.39 Å². The lowest BCUT2D eigenvalue weighted by Crippen LogP contribution is -2.41. The largest absolute Gasteiger partial charge is 0.352 e. The summed E-state index contributed by atoms with van der Waals surface area (Å²) >= 11 is 6.34. The highest BCUT2D eigenvalue weighted by Crippen LogP contribution is 2.41. The second-order valence-electron chi connectivity index (χ2n) is 8.87. The van der Waals surface area contributed by atoms with Crippen molar-refractivity contribution in [1.29, 1.82) is 0 Å². The van der Waals surface area contributed by atoms with E-state index in [9.17, 15) is 18.8 Å². The quantitative estimate of drug-likeness (QED) is 0.461. The lowest BCUT2D eigenvalue weighted by molar-refractivity contribution is 0.629. The molecule has 0 aliphatic heterocycles. The summed E-state index contributed by atoms with van der Waals surface area (Å²) in [4.78, 5) is 39.8. The molecular formula is C25H20ClFN4O3. The fraction of sp³-hybridized carbons (Fsp3) is 0.240. The number of nitrogens with one attached hydrogen (secondary N) is 1. The first-order valence-electron chi connectivity index (χ1n) is 11.2. The van der Waals surface area contributed by atoms with Crippen molar-refractivity contribution in [2.45, 2.75) is 37.6 Å². The minimum atomic E-state index is -0.653. The molecule has 2 heterocycles. The highest BCUT2D eigenvalue weighted by Gasteiger charge is 2.31. The van der Waals surface area contributed by atoms with E-state index in [2.05, 4.69) is 5.32 Å². The highest BCUT2D eigenvalue weighted by atomic mass is 35.5. The van der Waals surface area contributed by atoms with Gasteiger partial charge in [0.05, 0.1) is 17.1 Å². The molecular weight excluding hydrogens is 459 g/mol. The molecule has 7 nitrogen and oxygen atoms in total. The zero-order valence-electron chi connectivity index (χ0n) is 18.0. The number of pyridine rings is 1. The fourth-order valence-electron chi connectivity index (χ4n) is 4.40. The second-order valence-corrected chi connectivity index (χ2v) is 9.21. The third kappa shape index (κ3) is 3.37. The topological polar surface area (TPSA) is 78.0 Å². The van der Waals surface area contributed by atoms with Crippen LogP contribution in [-0.4, -0.2) is 13.2 Å². The van der Waals surface area contributed by atoms with Gasteiger partial charge in [-0.1, -0.05) is 24.3 Å². The van der Waals surface area contributed by atoms with Crippen LogP contribution in [-0.2, 0) is 0 Å². The van der Waals surface area contributed by atoms with Crippen molar-refractivity contribution >= 4 is 34.2 Å². The predicted molar refractivity (Wildman–Crippen MR) is 129 cm³/mol. The van der Waals surface area contributed by atoms with Gasteiger partial charge in [0.2, 0.25) is 0 Å². The summed E-state index contributed by atoms with van der Waals surface area (Å²) in [6.07, 6.45) is 3.50. The smallest absolute Gasteiger partial charge is 0.337 e. The van der Waals surface area contributed by atoms with E-state index in [1.54, 1.807) is 36.4 Å². The first kappa shape index (κ1) is 20.9. The number of halogens is 2. The molecule has 2 saturated carbocycles. The third-order valence-corrected chi connectivity index (χ3v) is 6.75.